The van der Waals surface area contributed by atoms with Crippen LogP contribution in [-0.4, -0.2) is 50.1 Å². The lowest BCUT2D eigenvalue weighted by atomic mass is 10.2. The highest BCUT2D eigenvalue weighted by Gasteiger charge is 2.23. The summed E-state index contributed by atoms with van der Waals surface area (Å²) in [6.07, 6.45) is 0. The molecular weight excluding hydrogens is 458 g/mol. The van der Waals surface area contributed by atoms with Crippen LogP contribution in [0.15, 0.2) is 66.7 Å². The van der Waals surface area contributed by atoms with Gasteiger partial charge in [0.2, 0.25) is 0 Å². The summed E-state index contributed by atoms with van der Waals surface area (Å²) >= 11 is 7.79. The van der Waals surface area contributed by atoms with Crippen molar-refractivity contribution in [2.24, 2.45) is 0 Å². The van der Waals surface area contributed by atoms with Gasteiger partial charge in [0.1, 0.15) is 22.8 Å². The highest BCUT2D eigenvalue weighted by Crippen LogP contribution is 2.39. The van der Waals surface area contributed by atoms with Crippen molar-refractivity contribution in [1.82, 2.24) is 9.88 Å². The highest BCUT2D eigenvalue weighted by atomic mass is 35.5. The summed E-state index contributed by atoms with van der Waals surface area (Å²) in [6, 6.07) is 20.2. The molecule has 1 aromatic heterocycles. The SMILES string of the molecule is COc1ccc(Cl)c2sc(N(CCN(C)C)C(=O)c3cccc(Oc4ccccc4)c3)nc12. The first-order valence-corrected chi connectivity index (χ1v) is 11.6. The Labute approximate surface area is 201 Å². The van der Waals surface area contributed by atoms with E-state index in [9.17, 15) is 4.79 Å². The van der Waals surface area contributed by atoms with Crippen LogP contribution in [0.2, 0.25) is 5.02 Å². The number of benzene rings is 3. The number of halogens is 1. The smallest absolute Gasteiger partial charge is 0.260 e. The fourth-order valence-electron chi connectivity index (χ4n) is 3.28. The molecule has 0 fully saturated rings. The lowest BCUT2D eigenvalue weighted by Crippen LogP contribution is -2.36. The van der Waals surface area contributed by atoms with Gasteiger partial charge in [0.05, 0.1) is 16.8 Å². The Morgan fingerprint density at radius 3 is 2.48 bits per heavy atom. The van der Waals surface area contributed by atoms with Gasteiger partial charge in [-0.2, -0.15) is 0 Å². The standard InChI is InChI=1S/C25H24ClN3O3S/c1-28(2)14-15-29(25-27-22-21(31-3)13-12-20(26)23(22)33-25)24(30)17-8-7-11-19(16-17)32-18-9-5-4-6-10-18/h4-13,16H,14-15H2,1-3H3. The molecule has 0 aliphatic rings. The van der Waals surface area contributed by atoms with Crippen molar-refractivity contribution in [3.05, 3.63) is 77.3 Å². The number of hydrogen-bond donors (Lipinski definition) is 0. The number of aromatic nitrogens is 1. The lowest BCUT2D eigenvalue weighted by Gasteiger charge is -2.22. The summed E-state index contributed by atoms with van der Waals surface area (Å²) in [5.74, 6) is 1.76. The summed E-state index contributed by atoms with van der Waals surface area (Å²) < 4.78 is 12.2. The molecule has 0 radical (unpaired) electrons. The first-order chi connectivity index (χ1) is 16.0. The largest absolute Gasteiger partial charge is 0.494 e. The van der Waals surface area contributed by atoms with Gasteiger partial charge in [-0.15, -0.1) is 0 Å². The summed E-state index contributed by atoms with van der Waals surface area (Å²) in [5.41, 5.74) is 1.16. The zero-order valence-corrected chi connectivity index (χ0v) is 20.2. The molecule has 1 heterocycles. The number of thiazole rings is 1. The quantitative estimate of drug-likeness (QED) is 0.311. The Morgan fingerprint density at radius 2 is 1.76 bits per heavy atom. The van der Waals surface area contributed by atoms with Crippen LogP contribution in [0.3, 0.4) is 0 Å². The topological polar surface area (TPSA) is 54.9 Å². The Morgan fingerprint density at radius 1 is 1.00 bits per heavy atom. The Bertz CT molecular complexity index is 1260. The molecule has 3 aromatic carbocycles. The van der Waals surface area contributed by atoms with Gasteiger partial charge in [0.15, 0.2) is 5.13 Å². The van der Waals surface area contributed by atoms with Crippen molar-refractivity contribution in [2.45, 2.75) is 0 Å². The maximum atomic E-state index is 13.6. The fourth-order valence-corrected chi connectivity index (χ4v) is 4.56. The second kappa shape index (κ2) is 10.2. The average Bonchev–Trinajstić information content (AvgIpc) is 3.26. The number of likely N-dealkylation sites (N-methyl/N-ethyl adjacent to an activating group) is 1. The highest BCUT2D eigenvalue weighted by molar-refractivity contribution is 7.23. The van der Waals surface area contributed by atoms with Gasteiger partial charge in [-0.3, -0.25) is 9.69 Å². The van der Waals surface area contributed by atoms with Gasteiger partial charge in [-0.05, 0) is 56.6 Å². The van der Waals surface area contributed by atoms with Gasteiger partial charge >= 0.3 is 0 Å². The van der Waals surface area contributed by atoms with Crippen LogP contribution in [0, 0.1) is 0 Å². The van der Waals surface area contributed by atoms with E-state index in [1.807, 2.05) is 61.5 Å². The first kappa shape index (κ1) is 23.0. The van der Waals surface area contributed by atoms with E-state index in [2.05, 4.69) is 0 Å². The molecule has 0 saturated heterocycles. The fraction of sp³-hybridized carbons (Fsp3) is 0.200. The zero-order valence-electron chi connectivity index (χ0n) is 18.6. The molecule has 0 N–H and O–H groups in total. The number of carbonyl (C=O) groups excluding carboxylic acids is 1. The van der Waals surface area contributed by atoms with E-state index in [1.165, 1.54) is 11.3 Å². The maximum Gasteiger partial charge on any atom is 0.260 e. The Hall–Kier alpha value is -3.13. The van der Waals surface area contributed by atoms with Gasteiger partial charge in [0.25, 0.3) is 5.91 Å². The number of methoxy groups -OCH3 is 1. The maximum absolute atomic E-state index is 13.6. The molecular formula is C25H24ClN3O3S. The molecule has 0 aliphatic heterocycles. The second-order valence-corrected chi connectivity index (χ2v) is 9.01. The monoisotopic (exact) mass is 481 g/mol. The van der Waals surface area contributed by atoms with E-state index in [1.54, 1.807) is 36.3 Å². The molecule has 33 heavy (non-hydrogen) atoms. The lowest BCUT2D eigenvalue weighted by molar-refractivity contribution is 0.0985. The number of nitrogens with zero attached hydrogens (tertiary/aromatic N) is 3. The van der Waals surface area contributed by atoms with Crippen molar-refractivity contribution in [2.75, 3.05) is 39.2 Å². The predicted octanol–water partition coefficient (Wildman–Crippen LogP) is 5.96. The molecule has 1 amide bonds. The minimum atomic E-state index is -0.162. The number of carbonyl (C=O) groups is 1. The summed E-state index contributed by atoms with van der Waals surface area (Å²) in [6.45, 7) is 1.14. The van der Waals surface area contributed by atoms with E-state index in [0.29, 0.717) is 51.6 Å². The molecule has 0 aliphatic carbocycles. The minimum Gasteiger partial charge on any atom is -0.494 e. The molecule has 0 saturated carbocycles. The third kappa shape index (κ3) is 5.27. The summed E-state index contributed by atoms with van der Waals surface area (Å²) in [5, 5.41) is 1.14. The van der Waals surface area contributed by atoms with E-state index in [0.717, 1.165) is 4.70 Å². The number of para-hydroxylation sites is 1. The van der Waals surface area contributed by atoms with Crippen LogP contribution >= 0.6 is 22.9 Å². The number of anilines is 1. The van der Waals surface area contributed by atoms with Crippen molar-refractivity contribution < 1.29 is 14.3 Å². The minimum absolute atomic E-state index is 0.162. The normalized spacial score (nSPS) is 11.1. The van der Waals surface area contributed by atoms with Crippen molar-refractivity contribution >= 4 is 44.2 Å². The molecule has 0 spiro atoms. The first-order valence-electron chi connectivity index (χ1n) is 10.4. The van der Waals surface area contributed by atoms with Crippen LogP contribution < -0.4 is 14.4 Å². The van der Waals surface area contributed by atoms with Crippen LogP contribution in [0.5, 0.6) is 17.2 Å². The van der Waals surface area contributed by atoms with Crippen LogP contribution in [0.25, 0.3) is 10.2 Å². The Kier molecular flexibility index (Phi) is 7.13. The van der Waals surface area contributed by atoms with Crippen molar-refractivity contribution in [1.29, 1.82) is 0 Å². The number of rotatable bonds is 8. The van der Waals surface area contributed by atoms with Crippen LogP contribution in [-0.2, 0) is 0 Å². The molecule has 0 unspecified atom stereocenters. The summed E-state index contributed by atoms with van der Waals surface area (Å²) in [4.78, 5) is 22.1. The molecule has 0 bridgehead atoms. The second-order valence-electron chi connectivity index (χ2n) is 7.63. The zero-order chi connectivity index (χ0) is 23.4. The van der Waals surface area contributed by atoms with Gasteiger partial charge < -0.3 is 14.4 Å². The molecule has 0 atom stereocenters. The predicted molar refractivity (Wildman–Crippen MR) is 134 cm³/mol. The molecule has 4 rings (SSSR count). The van der Waals surface area contributed by atoms with Gasteiger partial charge in [-0.25, -0.2) is 4.98 Å². The van der Waals surface area contributed by atoms with Crippen molar-refractivity contribution in [3.8, 4) is 17.2 Å². The number of amides is 1. The van der Waals surface area contributed by atoms with E-state index >= 15 is 0 Å². The van der Waals surface area contributed by atoms with Crippen LogP contribution in [0.4, 0.5) is 5.13 Å². The molecule has 4 aromatic rings. The van der Waals surface area contributed by atoms with Gasteiger partial charge in [-0.1, -0.05) is 47.2 Å². The molecule has 8 heteroatoms. The van der Waals surface area contributed by atoms with E-state index < -0.39 is 0 Å². The van der Waals surface area contributed by atoms with E-state index in [-0.39, 0.29) is 5.91 Å². The number of fused-ring (bicyclic) bond motifs is 1. The number of ether oxygens (including phenoxy) is 2. The molecule has 170 valence electrons. The van der Waals surface area contributed by atoms with Gasteiger partial charge in [0, 0.05) is 18.7 Å². The third-order valence-corrected chi connectivity index (χ3v) is 6.51. The van der Waals surface area contributed by atoms with Crippen molar-refractivity contribution in [3.63, 3.8) is 0 Å². The average molecular weight is 482 g/mol. The Balaban J connectivity index is 1.69. The third-order valence-electron chi connectivity index (χ3n) is 4.97. The van der Waals surface area contributed by atoms with Crippen LogP contribution in [0.1, 0.15) is 10.4 Å². The molecule has 6 nitrogen and oxygen atoms in total. The summed E-state index contributed by atoms with van der Waals surface area (Å²) in [7, 11) is 5.53. The number of hydrogen-bond acceptors (Lipinski definition) is 6. The van der Waals surface area contributed by atoms with E-state index in [4.69, 9.17) is 26.1 Å².